The third kappa shape index (κ3) is 5.54. The Morgan fingerprint density at radius 3 is 2.07 bits per heavy atom. The Balaban J connectivity index is 1.39. The van der Waals surface area contributed by atoms with E-state index in [2.05, 4.69) is 0 Å². The van der Waals surface area contributed by atoms with Gasteiger partial charge in [0.15, 0.2) is 6.61 Å². The number of carbonyl (C=O) groups is 2. The minimum Gasteiger partial charge on any atom is -0.484 e. The van der Waals surface area contributed by atoms with Crippen LogP contribution in [0.1, 0.15) is 12.0 Å². The Morgan fingerprint density at radius 1 is 0.852 bits per heavy atom. The summed E-state index contributed by atoms with van der Waals surface area (Å²) in [6.07, 6.45) is 1.20. The summed E-state index contributed by atoms with van der Waals surface area (Å²) in [5, 5.41) is 0. The van der Waals surface area contributed by atoms with Gasteiger partial charge in [-0.15, -0.1) is 0 Å². The van der Waals surface area contributed by atoms with Gasteiger partial charge in [0.2, 0.25) is 5.91 Å². The Hall–Kier alpha value is -2.89. The van der Waals surface area contributed by atoms with Crippen molar-refractivity contribution in [3.63, 3.8) is 0 Å². The third-order valence-electron chi connectivity index (χ3n) is 4.63. The Kier molecular flexibility index (Phi) is 6.41. The van der Waals surface area contributed by atoms with Gasteiger partial charge in [0.1, 0.15) is 11.6 Å². The minimum atomic E-state index is -0.346. The van der Waals surface area contributed by atoms with E-state index in [1.807, 2.05) is 35.2 Å². The molecule has 0 spiro atoms. The van der Waals surface area contributed by atoms with Crippen molar-refractivity contribution in [1.82, 2.24) is 9.80 Å². The van der Waals surface area contributed by atoms with Gasteiger partial charge >= 0.3 is 0 Å². The average Bonchev–Trinajstić information content (AvgIpc) is 2.72. The van der Waals surface area contributed by atoms with Crippen molar-refractivity contribution in [1.29, 1.82) is 0 Å². The Bertz CT molecular complexity index is 757. The summed E-state index contributed by atoms with van der Waals surface area (Å²) in [5.74, 6) is 0.102. The molecule has 2 aromatic carbocycles. The van der Waals surface area contributed by atoms with E-state index in [9.17, 15) is 14.0 Å². The summed E-state index contributed by atoms with van der Waals surface area (Å²) >= 11 is 0. The normalized spacial score (nSPS) is 14.1. The molecule has 1 fully saturated rings. The van der Waals surface area contributed by atoms with E-state index in [0.717, 1.165) is 12.0 Å². The van der Waals surface area contributed by atoms with Gasteiger partial charge in [0.05, 0.1) is 0 Å². The molecule has 0 aliphatic carbocycles. The molecule has 2 amide bonds. The van der Waals surface area contributed by atoms with E-state index in [1.165, 1.54) is 24.3 Å². The lowest BCUT2D eigenvalue weighted by atomic mass is 10.1. The maximum Gasteiger partial charge on any atom is 0.260 e. The molecule has 27 heavy (non-hydrogen) atoms. The van der Waals surface area contributed by atoms with Gasteiger partial charge in [-0.3, -0.25) is 9.59 Å². The maximum atomic E-state index is 12.9. The highest BCUT2D eigenvalue weighted by molar-refractivity contribution is 5.79. The predicted molar refractivity (Wildman–Crippen MR) is 99.8 cm³/mol. The first-order valence-electron chi connectivity index (χ1n) is 9.09. The largest absolute Gasteiger partial charge is 0.484 e. The quantitative estimate of drug-likeness (QED) is 0.785. The molecule has 1 aliphatic heterocycles. The number of hydrogen-bond acceptors (Lipinski definition) is 3. The number of nitrogens with zero attached hydrogens (tertiary/aromatic N) is 2. The molecule has 0 N–H and O–H groups in total. The van der Waals surface area contributed by atoms with Gasteiger partial charge in [0.25, 0.3) is 5.91 Å². The van der Waals surface area contributed by atoms with Crippen LogP contribution in [-0.2, 0) is 16.0 Å². The highest BCUT2D eigenvalue weighted by atomic mass is 19.1. The zero-order valence-electron chi connectivity index (χ0n) is 15.1. The second kappa shape index (κ2) is 9.16. The van der Waals surface area contributed by atoms with E-state index in [4.69, 9.17) is 4.74 Å². The molecule has 142 valence electrons. The van der Waals surface area contributed by atoms with Crippen molar-refractivity contribution >= 4 is 11.8 Å². The van der Waals surface area contributed by atoms with Gasteiger partial charge in [0, 0.05) is 32.6 Å². The van der Waals surface area contributed by atoms with Crippen molar-refractivity contribution in [2.45, 2.75) is 12.8 Å². The van der Waals surface area contributed by atoms with Crippen molar-refractivity contribution in [3.8, 4) is 5.75 Å². The van der Waals surface area contributed by atoms with Crippen molar-refractivity contribution in [3.05, 3.63) is 66.0 Å². The van der Waals surface area contributed by atoms with Crippen LogP contribution in [0.4, 0.5) is 4.39 Å². The molecular formula is C21H23FN2O3. The monoisotopic (exact) mass is 370 g/mol. The van der Waals surface area contributed by atoms with Crippen LogP contribution in [0.3, 0.4) is 0 Å². The lowest BCUT2D eigenvalue weighted by molar-refractivity contribution is -0.140. The fraction of sp³-hybridized carbons (Fsp3) is 0.333. The van der Waals surface area contributed by atoms with Crippen LogP contribution in [0, 0.1) is 5.82 Å². The van der Waals surface area contributed by atoms with Crippen molar-refractivity contribution in [2.75, 3.05) is 32.8 Å². The maximum absolute atomic E-state index is 12.9. The van der Waals surface area contributed by atoms with E-state index >= 15 is 0 Å². The lowest BCUT2D eigenvalue weighted by Gasteiger charge is -2.34. The first-order valence-corrected chi connectivity index (χ1v) is 9.09. The number of carbonyl (C=O) groups excluding carboxylic acids is 2. The van der Waals surface area contributed by atoms with E-state index in [0.29, 0.717) is 38.3 Å². The van der Waals surface area contributed by atoms with Crippen LogP contribution in [-0.4, -0.2) is 54.4 Å². The number of ether oxygens (including phenoxy) is 1. The Morgan fingerprint density at radius 2 is 1.44 bits per heavy atom. The van der Waals surface area contributed by atoms with E-state index in [-0.39, 0.29) is 24.2 Å². The molecule has 0 aromatic heterocycles. The third-order valence-corrected chi connectivity index (χ3v) is 4.63. The molecule has 0 atom stereocenters. The number of rotatable bonds is 6. The summed E-state index contributed by atoms with van der Waals surface area (Å²) in [6.45, 7) is 1.99. The van der Waals surface area contributed by atoms with Crippen molar-refractivity contribution < 1.29 is 18.7 Å². The average molecular weight is 370 g/mol. The topological polar surface area (TPSA) is 49.9 Å². The predicted octanol–water partition coefficient (Wildman–Crippen LogP) is 2.51. The van der Waals surface area contributed by atoms with Gasteiger partial charge in [-0.2, -0.15) is 0 Å². The van der Waals surface area contributed by atoms with Gasteiger partial charge in [-0.25, -0.2) is 4.39 Å². The molecule has 0 radical (unpaired) electrons. The van der Waals surface area contributed by atoms with Crippen LogP contribution in [0.5, 0.6) is 5.75 Å². The molecule has 1 heterocycles. The zero-order valence-corrected chi connectivity index (χ0v) is 15.1. The molecule has 5 nitrogen and oxygen atoms in total. The molecule has 1 aliphatic rings. The minimum absolute atomic E-state index is 0.0897. The van der Waals surface area contributed by atoms with Crippen molar-refractivity contribution in [2.24, 2.45) is 0 Å². The molecule has 6 heteroatoms. The van der Waals surface area contributed by atoms with Crippen LogP contribution >= 0.6 is 0 Å². The number of hydrogen-bond donors (Lipinski definition) is 0. The summed E-state index contributed by atoms with van der Waals surface area (Å²) < 4.78 is 18.3. The van der Waals surface area contributed by atoms with Crippen LogP contribution in [0.15, 0.2) is 54.6 Å². The standard InChI is InChI=1S/C21H23FN2O3/c22-18-7-9-19(10-8-18)27-16-21(26)24-14-12-23(13-15-24)20(25)11-6-17-4-2-1-3-5-17/h1-5,7-10H,6,11-16H2. The molecule has 2 aromatic rings. The fourth-order valence-corrected chi connectivity index (χ4v) is 3.03. The molecule has 0 saturated carbocycles. The van der Waals surface area contributed by atoms with Crippen LogP contribution in [0.25, 0.3) is 0 Å². The molecule has 3 rings (SSSR count). The summed E-state index contributed by atoms with van der Waals surface area (Å²) in [5.41, 5.74) is 1.15. The Labute approximate surface area is 158 Å². The summed E-state index contributed by atoms with van der Waals surface area (Å²) in [7, 11) is 0. The summed E-state index contributed by atoms with van der Waals surface area (Å²) in [6, 6.07) is 15.5. The van der Waals surface area contributed by atoms with Crippen LogP contribution < -0.4 is 4.74 Å². The smallest absolute Gasteiger partial charge is 0.260 e. The molecule has 1 saturated heterocycles. The lowest BCUT2D eigenvalue weighted by Crippen LogP contribution is -2.51. The highest BCUT2D eigenvalue weighted by Crippen LogP contribution is 2.12. The van der Waals surface area contributed by atoms with Gasteiger partial charge in [-0.05, 0) is 36.2 Å². The van der Waals surface area contributed by atoms with Gasteiger partial charge in [-0.1, -0.05) is 30.3 Å². The second-order valence-electron chi connectivity index (χ2n) is 6.49. The number of benzene rings is 2. The first-order chi connectivity index (χ1) is 13.1. The van der Waals surface area contributed by atoms with Gasteiger partial charge < -0.3 is 14.5 Å². The molecule has 0 bridgehead atoms. The van der Waals surface area contributed by atoms with E-state index < -0.39 is 0 Å². The number of piperazine rings is 1. The number of halogens is 1. The second-order valence-corrected chi connectivity index (χ2v) is 6.49. The zero-order chi connectivity index (χ0) is 19.1. The van der Waals surface area contributed by atoms with Crippen LogP contribution in [0.2, 0.25) is 0 Å². The fourth-order valence-electron chi connectivity index (χ4n) is 3.03. The highest BCUT2D eigenvalue weighted by Gasteiger charge is 2.24. The van der Waals surface area contributed by atoms with E-state index in [1.54, 1.807) is 4.90 Å². The number of aryl methyl sites for hydroxylation is 1. The number of amides is 2. The molecular weight excluding hydrogens is 347 g/mol. The SMILES string of the molecule is O=C(CCc1ccccc1)N1CCN(C(=O)COc2ccc(F)cc2)CC1. The summed E-state index contributed by atoms with van der Waals surface area (Å²) in [4.78, 5) is 28.1. The first kappa shape index (κ1) is 18.9. The molecule has 0 unspecified atom stereocenters.